The Bertz CT molecular complexity index is 740. The van der Waals surface area contributed by atoms with Crippen LogP contribution in [0.2, 0.25) is 0 Å². The van der Waals surface area contributed by atoms with Crippen molar-refractivity contribution in [2.75, 3.05) is 7.11 Å². The molecule has 1 aliphatic heterocycles. The highest BCUT2D eigenvalue weighted by Gasteiger charge is 2.46. The van der Waals surface area contributed by atoms with Crippen molar-refractivity contribution in [3.63, 3.8) is 0 Å². The van der Waals surface area contributed by atoms with Crippen molar-refractivity contribution in [3.8, 4) is 0 Å². The fourth-order valence-electron chi connectivity index (χ4n) is 2.22. The normalized spacial score (nSPS) is 28.5. The Labute approximate surface area is 143 Å². The average Bonchev–Trinajstić information content (AvgIpc) is 2.81. The molecule has 0 aromatic carbocycles. The van der Waals surface area contributed by atoms with E-state index in [2.05, 4.69) is 4.98 Å². The molecule has 4 atom stereocenters. The van der Waals surface area contributed by atoms with Gasteiger partial charge < -0.3 is 22.3 Å². The van der Waals surface area contributed by atoms with Crippen LogP contribution >= 0.6 is 30.6 Å². The van der Waals surface area contributed by atoms with E-state index in [1.807, 2.05) is 0 Å². The zero-order valence-electron chi connectivity index (χ0n) is 11.7. The Morgan fingerprint density at radius 1 is 1.43 bits per heavy atom. The van der Waals surface area contributed by atoms with E-state index in [0.29, 0.717) is 5.82 Å². The first-order chi connectivity index (χ1) is 10.8. The fraction of sp³-hybridized carbons (Fsp3) is 0.455. The molecule has 0 spiro atoms. The number of nitrogens with one attached hydrogen (secondary N) is 1. The first-order valence-electron chi connectivity index (χ1n) is 6.28. The second kappa shape index (κ2) is 7.38. The lowest BCUT2D eigenvalue weighted by Gasteiger charge is -2.21. The lowest BCUT2D eigenvalue weighted by atomic mass is 10.1. The number of hydrogen-bond acceptors (Lipinski definition) is 6. The number of rotatable bonds is 5. The van der Waals surface area contributed by atoms with Crippen LogP contribution in [0, 0.1) is 0 Å². The Balaban J connectivity index is 2.37. The van der Waals surface area contributed by atoms with Gasteiger partial charge in [-0.05, 0) is 6.08 Å². The minimum atomic E-state index is -4.37. The van der Waals surface area contributed by atoms with Gasteiger partial charge in [-0.15, -0.1) is 0 Å². The van der Waals surface area contributed by atoms with Gasteiger partial charge in [0.15, 0.2) is 6.23 Å². The fourth-order valence-corrected chi connectivity index (χ4v) is 3.19. The van der Waals surface area contributed by atoms with E-state index in [-0.39, 0.29) is 0 Å². The maximum absolute atomic E-state index is 11.9. The molecule has 0 amide bonds. The number of aromatic amines is 1. The van der Waals surface area contributed by atoms with Crippen LogP contribution in [0.3, 0.4) is 0 Å². The number of nitrogens with zero attached hydrogens (tertiary/aromatic N) is 1. The number of ether oxygens (including phenoxy) is 2. The monoisotopic (exact) mass is 460 g/mol. The van der Waals surface area contributed by atoms with Crippen LogP contribution in [0.4, 0.5) is 0 Å². The Morgan fingerprint density at radius 2 is 2.13 bits per heavy atom. The molecular weight excluding hydrogens is 446 g/mol. The van der Waals surface area contributed by atoms with E-state index < -0.39 is 43.4 Å². The molecule has 0 radical (unpaired) electrons. The Kier molecular flexibility index (Phi) is 5.94. The second-order valence-electron chi connectivity index (χ2n) is 4.69. The highest BCUT2D eigenvalue weighted by molar-refractivity contribution is 14.1. The van der Waals surface area contributed by atoms with E-state index in [4.69, 9.17) is 22.3 Å². The summed E-state index contributed by atoms with van der Waals surface area (Å²) in [6.45, 7) is 0. The van der Waals surface area contributed by atoms with Crippen LogP contribution in [0.1, 0.15) is 6.23 Å². The van der Waals surface area contributed by atoms with Crippen molar-refractivity contribution in [1.82, 2.24) is 9.55 Å². The molecule has 1 aromatic rings. The Hall–Kier alpha value is -0.820. The van der Waals surface area contributed by atoms with Crippen LogP contribution in [0.5, 0.6) is 0 Å². The first kappa shape index (κ1) is 18.5. The molecule has 0 aliphatic carbocycles. The molecule has 4 unspecified atom stereocenters. The van der Waals surface area contributed by atoms with Crippen LogP contribution in [0.25, 0.3) is 0 Å². The highest BCUT2D eigenvalue weighted by atomic mass is 127. The molecule has 3 N–H and O–H groups in total. The molecule has 10 nitrogen and oxygen atoms in total. The number of H-pyrrole nitrogens is 1. The standard InChI is InChI=1S/C11H14IN2O8P/c1-20-9-8(22-12)6(3-5-23(17,18)19)21-10(9)14-4-2-7(15)13-11(14)16/h2-6,8-10H,1H3,(H,13,15,16)(H2,17,18,19)/b5-3+. The minimum absolute atomic E-state index is 0.558. The number of halogens is 1. The van der Waals surface area contributed by atoms with Crippen molar-refractivity contribution in [2.45, 2.75) is 24.5 Å². The largest absolute Gasteiger partial charge is 0.374 e. The van der Waals surface area contributed by atoms with Crippen molar-refractivity contribution in [2.24, 2.45) is 0 Å². The Morgan fingerprint density at radius 3 is 2.65 bits per heavy atom. The summed E-state index contributed by atoms with van der Waals surface area (Å²) in [6, 6.07) is 1.15. The summed E-state index contributed by atoms with van der Waals surface area (Å²) in [6.07, 6.45) is -0.831. The molecule has 1 aromatic heterocycles. The summed E-state index contributed by atoms with van der Waals surface area (Å²) in [5.41, 5.74) is -1.26. The quantitative estimate of drug-likeness (QED) is 0.408. The smallest absolute Gasteiger partial charge is 0.348 e. The number of methoxy groups -OCH3 is 1. The molecule has 1 saturated heterocycles. The topological polar surface area (TPSA) is 140 Å². The van der Waals surface area contributed by atoms with Crippen LogP contribution in [-0.4, -0.2) is 44.8 Å². The number of aromatic nitrogens is 2. The summed E-state index contributed by atoms with van der Waals surface area (Å²) < 4.78 is 28.2. The summed E-state index contributed by atoms with van der Waals surface area (Å²) in [5, 5.41) is 0. The third-order valence-corrected chi connectivity index (χ3v) is 4.34. The summed E-state index contributed by atoms with van der Waals surface area (Å²) in [7, 11) is -2.98. The maximum Gasteiger partial charge on any atom is 0.348 e. The molecule has 2 rings (SSSR count). The van der Waals surface area contributed by atoms with Gasteiger partial charge in [0, 0.05) is 25.2 Å². The van der Waals surface area contributed by atoms with Crippen LogP contribution in [0.15, 0.2) is 33.7 Å². The average molecular weight is 460 g/mol. The molecule has 12 heteroatoms. The van der Waals surface area contributed by atoms with Crippen molar-refractivity contribution >= 4 is 30.6 Å². The van der Waals surface area contributed by atoms with E-state index in [1.165, 1.54) is 13.3 Å². The zero-order valence-corrected chi connectivity index (χ0v) is 14.8. The summed E-state index contributed by atoms with van der Waals surface area (Å²) in [5.74, 6) is 0.699. The van der Waals surface area contributed by atoms with E-state index in [0.717, 1.165) is 16.7 Å². The molecule has 0 bridgehead atoms. The molecular formula is C11H14IN2O8P. The van der Waals surface area contributed by atoms with Crippen LogP contribution < -0.4 is 11.2 Å². The first-order valence-corrected chi connectivity index (χ1v) is 8.85. The molecule has 0 saturated carbocycles. The third-order valence-electron chi connectivity index (χ3n) is 3.20. The van der Waals surface area contributed by atoms with Crippen molar-refractivity contribution < 1.29 is 26.9 Å². The summed E-state index contributed by atoms with van der Waals surface area (Å²) in [4.78, 5) is 43.0. The second-order valence-corrected chi connectivity index (χ2v) is 6.68. The molecule has 23 heavy (non-hydrogen) atoms. The van der Waals surface area contributed by atoms with Crippen LogP contribution in [-0.2, 0) is 17.1 Å². The molecule has 1 fully saturated rings. The lowest BCUT2D eigenvalue weighted by molar-refractivity contribution is -0.0461. The van der Waals surface area contributed by atoms with Crippen molar-refractivity contribution in [1.29, 1.82) is 0 Å². The van der Waals surface area contributed by atoms with Gasteiger partial charge in [0.05, 0.1) is 0 Å². The van der Waals surface area contributed by atoms with E-state index in [9.17, 15) is 14.2 Å². The van der Waals surface area contributed by atoms with Gasteiger partial charge in [0.2, 0.25) is 0 Å². The SMILES string of the molecule is COC1C(OI)C(/C=C/P(=O)(O)O)OC1n1ccc(=O)[nH]c1=O. The van der Waals surface area contributed by atoms with Gasteiger partial charge in [-0.3, -0.25) is 18.9 Å². The van der Waals surface area contributed by atoms with Gasteiger partial charge in [-0.1, -0.05) is 0 Å². The van der Waals surface area contributed by atoms with Crippen molar-refractivity contribution in [3.05, 3.63) is 45.0 Å². The molecule has 2 heterocycles. The summed E-state index contributed by atoms with van der Waals surface area (Å²) >= 11 is 1.61. The zero-order chi connectivity index (χ0) is 17.2. The van der Waals surface area contributed by atoms with Gasteiger partial charge in [-0.2, -0.15) is 0 Å². The predicted octanol–water partition coefficient (Wildman–Crippen LogP) is -0.124. The maximum atomic E-state index is 11.9. The molecule has 128 valence electrons. The van der Waals surface area contributed by atoms with E-state index in [1.54, 1.807) is 23.0 Å². The van der Waals surface area contributed by atoms with Gasteiger partial charge in [-0.25, -0.2) is 4.79 Å². The lowest BCUT2D eigenvalue weighted by Crippen LogP contribution is -2.38. The highest BCUT2D eigenvalue weighted by Crippen LogP contribution is 2.39. The van der Waals surface area contributed by atoms with Gasteiger partial charge in [0.25, 0.3) is 5.56 Å². The number of hydrogen-bond donors (Lipinski definition) is 3. The van der Waals surface area contributed by atoms with Gasteiger partial charge >= 0.3 is 13.3 Å². The van der Waals surface area contributed by atoms with E-state index >= 15 is 0 Å². The van der Waals surface area contributed by atoms with Gasteiger partial charge in [0.1, 0.15) is 41.3 Å². The minimum Gasteiger partial charge on any atom is -0.374 e. The molecule has 1 aliphatic rings. The predicted molar refractivity (Wildman–Crippen MR) is 86.1 cm³/mol. The third kappa shape index (κ3) is 4.38.